The van der Waals surface area contributed by atoms with Crippen molar-refractivity contribution in [1.82, 2.24) is 0 Å². The number of nitrogens with zero attached hydrogens (tertiary/aromatic N) is 1. The third kappa shape index (κ3) is 2.62. The standard InChI is InChI=1S/C8H5F2NO2/c9-7-2-1-6(8(10)5-7)3-4-11(12)13/h1-5H/b4-3-. The summed E-state index contributed by atoms with van der Waals surface area (Å²) in [5, 5.41) is 9.87. The predicted octanol–water partition coefficient (Wildman–Crippen LogP) is 2.21. The normalized spacial score (nSPS) is 10.6. The monoisotopic (exact) mass is 185 g/mol. The maximum Gasteiger partial charge on any atom is 0.235 e. The van der Waals surface area contributed by atoms with E-state index in [1.165, 1.54) is 0 Å². The van der Waals surface area contributed by atoms with Gasteiger partial charge in [0, 0.05) is 17.7 Å². The molecular formula is C8H5F2NO2. The number of hydrogen-bond acceptors (Lipinski definition) is 2. The van der Waals surface area contributed by atoms with Crippen LogP contribution in [-0.4, -0.2) is 4.92 Å². The van der Waals surface area contributed by atoms with Crippen molar-refractivity contribution in [2.24, 2.45) is 0 Å². The molecule has 0 saturated heterocycles. The zero-order valence-electron chi connectivity index (χ0n) is 6.41. The zero-order chi connectivity index (χ0) is 9.84. The van der Waals surface area contributed by atoms with E-state index in [4.69, 9.17) is 0 Å². The summed E-state index contributed by atoms with van der Waals surface area (Å²) >= 11 is 0. The van der Waals surface area contributed by atoms with Crippen molar-refractivity contribution in [2.75, 3.05) is 0 Å². The first-order valence-corrected chi connectivity index (χ1v) is 3.36. The fraction of sp³-hybridized carbons (Fsp3) is 0. The molecule has 0 aliphatic heterocycles. The molecule has 0 bridgehead atoms. The van der Waals surface area contributed by atoms with Gasteiger partial charge < -0.3 is 0 Å². The Morgan fingerprint density at radius 3 is 2.62 bits per heavy atom. The van der Waals surface area contributed by atoms with Gasteiger partial charge in [0.2, 0.25) is 6.20 Å². The second kappa shape index (κ2) is 3.75. The molecule has 0 unspecified atom stereocenters. The van der Waals surface area contributed by atoms with Gasteiger partial charge in [-0.1, -0.05) is 0 Å². The topological polar surface area (TPSA) is 43.1 Å². The van der Waals surface area contributed by atoms with Gasteiger partial charge in [0.05, 0.1) is 4.92 Å². The lowest BCUT2D eigenvalue weighted by atomic mass is 10.2. The van der Waals surface area contributed by atoms with Crippen LogP contribution in [0.3, 0.4) is 0 Å². The van der Waals surface area contributed by atoms with Crippen molar-refractivity contribution < 1.29 is 13.7 Å². The van der Waals surface area contributed by atoms with Crippen LogP contribution in [-0.2, 0) is 0 Å². The van der Waals surface area contributed by atoms with Crippen LogP contribution in [0, 0.1) is 21.7 Å². The van der Waals surface area contributed by atoms with E-state index in [2.05, 4.69) is 0 Å². The number of nitro groups is 1. The fourth-order valence-corrected chi connectivity index (χ4v) is 0.778. The summed E-state index contributed by atoms with van der Waals surface area (Å²) in [6.45, 7) is 0. The Balaban J connectivity index is 2.96. The first kappa shape index (κ1) is 9.31. The Kier molecular flexibility index (Phi) is 2.69. The van der Waals surface area contributed by atoms with Gasteiger partial charge in [-0.2, -0.15) is 0 Å². The smallest absolute Gasteiger partial charge is 0.235 e. The van der Waals surface area contributed by atoms with Gasteiger partial charge in [0.25, 0.3) is 0 Å². The van der Waals surface area contributed by atoms with E-state index in [0.717, 1.165) is 18.2 Å². The number of halogens is 2. The summed E-state index contributed by atoms with van der Waals surface area (Å²) in [7, 11) is 0. The predicted molar refractivity (Wildman–Crippen MR) is 42.4 cm³/mol. The van der Waals surface area contributed by atoms with Crippen LogP contribution in [0.2, 0.25) is 0 Å². The molecule has 5 heteroatoms. The van der Waals surface area contributed by atoms with Crippen LogP contribution >= 0.6 is 0 Å². The summed E-state index contributed by atoms with van der Waals surface area (Å²) in [4.78, 5) is 9.15. The molecule has 3 nitrogen and oxygen atoms in total. The van der Waals surface area contributed by atoms with Gasteiger partial charge in [0.1, 0.15) is 11.6 Å². The minimum Gasteiger partial charge on any atom is -0.259 e. The lowest BCUT2D eigenvalue weighted by Crippen LogP contribution is -1.86. The molecule has 68 valence electrons. The quantitative estimate of drug-likeness (QED) is 0.523. The molecule has 1 aromatic carbocycles. The van der Waals surface area contributed by atoms with Crippen molar-refractivity contribution in [3.63, 3.8) is 0 Å². The molecule has 0 aromatic heterocycles. The molecule has 0 N–H and O–H groups in total. The third-order valence-corrected chi connectivity index (χ3v) is 1.34. The Bertz CT molecular complexity index is 363. The van der Waals surface area contributed by atoms with Crippen molar-refractivity contribution in [1.29, 1.82) is 0 Å². The van der Waals surface area contributed by atoms with Crippen LogP contribution in [0.1, 0.15) is 5.56 Å². The van der Waals surface area contributed by atoms with Crippen molar-refractivity contribution in [3.8, 4) is 0 Å². The Morgan fingerprint density at radius 2 is 2.08 bits per heavy atom. The summed E-state index contributed by atoms with van der Waals surface area (Å²) in [6, 6.07) is 2.83. The van der Waals surface area contributed by atoms with E-state index >= 15 is 0 Å². The van der Waals surface area contributed by atoms with E-state index in [1.54, 1.807) is 0 Å². The Hall–Kier alpha value is -1.78. The summed E-state index contributed by atoms with van der Waals surface area (Å²) in [6.07, 6.45) is 1.56. The summed E-state index contributed by atoms with van der Waals surface area (Å²) in [5.41, 5.74) is -0.0156. The van der Waals surface area contributed by atoms with Crippen molar-refractivity contribution >= 4 is 6.08 Å². The molecule has 0 aliphatic rings. The van der Waals surface area contributed by atoms with Crippen LogP contribution in [0.15, 0.2) is 24.4 Å². The van der Waals surface area contributed by atoms with Gasteiger partial charge >= 0.3 is 0 Å². The SMILES string of the molecule is O=[N+]([O-])/C=C\c1ccc(F)cc1F. The highest BCUT2D eigenvalue weighted by atomic mass is 19.1. The number of rotatable bonds is 2. The lowest BCUT2D eigenvalue weighted by Gasteiger charge is -1.94. The largest absolute Gasteiger partial charge is 0.259 e. The van der Waals surface area contributed by atoms with E-state index < -0.39 is 16.6 Å². The number of benzene rings is 1. The second-order valence-electron chi connectivity index (χ2n) is 2.27. The fourth-order valence-electron chi connectivity index (χ4n) is 0.778. The van der Waals surface area contributed by atoms with Crippen LogP contribution in [0.25, 0.3) is 6.08 Å². The second-order valence-corrected chi connectivity index (χ2v) is 2.27. The molecule has 0 amide bonds. The Morgan fingerprint density at radius 1 is 1.38 bits per heavy atom. The van der Waals surface area contributed by atoms with Gasteiger partial charge in [-0.05, 0) is 12.1 Å². The number of hydrogen-bond donors (Lipinski definition) is 0. The minimum absolute atomic E-state index is 0.0156. The van der Waals surface area contributed by atoms with Gasteiger partial charge in [0.15, 0.2) is 0 Å². The average Bonchev–Trinajstić information content (AvgIpc) is 2.02. The summed E-state index contributed by atoms with van der Waals surface area (Å²) in [5.74, 6) is -1.53. The first-order valence-electron chi connectivity index (χ1n) is 3.36. The van der Waals surface area contributed by atoms with E-state index in [9.17, 15) is 18.9 Å². The van der Waals surface area contributed by atoms with Crippen molar-refractivity contribution in [3.05, 3.63) is 51.7 Å². The molecule has 0 heterocycles. The maximum absolute atomic E-state index is 12.8. The highest BCUT2D eigenvalue weighted by Gasteiger charge is 2.00. The van der Waals surface area contributed by atoms with Crippen molar-refractivity contribution in [2.45, 2.75) is 0 Å². The van der Waals surface area contributed by atoms with Gasteiger partial charge in [-0.25, -0.2) is 8.78 Å². The van der Waals surface area contributed by atoms with E-state index in [-0.39, 0.29) is 5.56 Å². The first-order chi connectivity index (χ1) is 6.09. The lowest BCUT2D eigenvalue weighted by molar-refractivity contribution is -0.400. The van der Waals surface area contributed by atoms with Crippen LogP contribution in [0.4, 0.5) is 8.78 Å². The van der Waals surface area contributed by atoms with Gasteiger partial charge in [-0.15, -0.1) is 0 Å². The molecule has 0 saturated carbocycles. The molecule has 0 atom stereocenters. The molecule has 0 spiro atoms. The van der Waals surface area contributed by atoms with Gasteiger partial charge in [-0.3, -0.25) is 10.1 Å². The highest BCUT2D eigenvalue weighted by molar-refractivity contribution is 5.48. The molecule has 1 aromatic rings. The average molecular weight is 185 g/mol. The minimum atomic E-state index is -0.821. The molecule has 0 fully saturated rings. The van der Waals surface area contributed by atoms with Crippen LogP contribution in [0.5, 0.6) is 0 Å². The maximum atomic E-state index is 12.8. The molecular weight excluding hydrogens is 180 g/mol. The third-order valence-electron chi connectivity index (χ3n) is 1.34. The molecule has 0 radical (unpaired) electrons. The summed E-state index contributed by atoms with van der Waals surface area (Å²) < 4.78 is 25.1. The Labute approximate surface area is 72.5 Å². The zero-order valence-corrected chi connectivity index (χ0v) is 6.41. The molecule has 13 heavy (non-hydrogen) atoms. The van der Waals surface area contributed by atoms with Crippen LogP contribution < -0.4 is 0 Å². The van der Waals surface area contributed by atoms with E-state index in [0.29, 0.717) is 12.3 Å². The van der Waals surface area contributed by atoms with E-state index in [1.807, 2.05) is 0 Å². The highest BCUT2D eigenvalue weighted by Crippen LogP contribution is 2.10. The molecule has 0 aliphatic carbocycles. The molecule has 1 rings (SSSR count).